The van der Waals surface area contributed by atoms with Crippen molar-refractivity contribution in [1.29, 1.82) is 0 Å². The van der Waals surface area contributed by atoms with E-state index in [4.69, 9.17) is 14.2 Å². The van der Waals surface area contributed by atoms with Gasteiger partial charge in [0.15, 0.2) is 6.29 Å². The average Bonchev–Trinajstić information content (AvgIpc) is 2.98. The Balaban J connectivity index is 2.50. The molecule has 0 aliphatic carbocycles. The van der Waals surface area contributed by atoms with Gasteiger partial charge in [-0.3, -0.25) is 4.79 Å². The van der Waals surface area contributed by atoms with Crippen LogP contribution in [0.15, 0.2) is 28.8 Å². The zero-order chi connectivity index (χ0) is 15.2. The van der Waals surface area contributed by atoms with Crippen molar-refractivity contribution in [3.63, 3.8) is 0 Å². The number of aromatic nitrogens is 1. The molecule has 1 aliphatic rings. The van der Waals surface area contributed by atoms with Gasteiger partial charge in [0.25, 0.3) is 5.56 Å². The predicted octanol–water partition coefficient (Wildman–Crippen LogP) is 0.352. The summed E-state index contributed by atoms with van der Waals surface area (Å²) in [4.78, 5) is 12.2. The van der Waals surface area contributed by atoms with Crippen LogP contribution in [-0.4, -0.2) is 31.2 Å². The van der Waals surface area contributed by atoms with Gasteiger partial charge in [-0.2, -0.15) is 0 Å². The third-order valence-electron chi connectivity index (χ3n) is 3.26. The maximum absolute atomic E-state index is 12.2. The number of nitrogens with zero attached hydrogens (tertiary/aromatic N) is 1. The van der Waals surface area contributed by atoms with Crippen LogP contribution < -0.4 is 16.1 Å². The third-order valence-corrected chi connectivity index (χ3v) is 3.26. The van der Waals surface area contributed by atoms with Gasteiger partial charge >= 0.3 is 0 Å². The van der Waals surface area contributed by atoms with Gasteiger partial charge in [0.1, 0.15) is 5.76 Å². The van der Waals surface area contributed by atoms with Crippen LogP contribution in [0.5, 0.6) is 0 Å². The molecule has 0 spiro atoms. The molecule has 114 valence electrons. The number of allylic oxidation sites excluding steroid dienone is 2. The molecule has 5 heteroatoms. The van der Waals surface area contributed by atoms with Crippen LogP contribution in [-0.2, 0) is 20.8 Å². The third kappa shape index (κ3) is 3.83. The number of pyridine rings is 1. The standard InChI is InChI=1S/C16H21NO4/c1-4-5-13(19-3)10-14-12(2)6-7-15(18)17(14)11-16-20-8-9-21-16/h5-7,10,16H,2,4,8-9,11H2,1,3H3/b13-5+,14-10+. The number of hydrogen-bond acceptors (Lipinski definition) is 4. The Morgan fingerprint density at radius 3 is 2.81 bits per heavy atom. The lowest BCUT2D eigenvalue weighted by atomic mass is 10.3. The fourth-order valence-electron chi connectivity index (χ4n) is 2.20. The highest BCUT2D eigenvalue weighted by molar-refractivity contribution is 5.41. The Bertz CT molecular complexity index is 668. The van der Waals surface area contributed by atoms with Crippen LogP contribution in [0.3, 0.4) is 0 Å². The predicted molar refractivity (Wildman–Crippen MR) is 81.0 cm³/mol. The lowest BCUT2D eigenvalue weighted by Crippen LogP contribution is -2.44. The van der Waals surface area contributed by atoms with E-state index in [9.17, 15) is 4.79 Å². The summed E-state index contributed by atoms with van der Waals surface area (Å²) in [5, 5.41) is 1.47. The van der Waals surface area contributed by atoms with Gasteiger partial charge in [0.05, 0.1) is 32.2 Å². The molecule has 0 bridgehead atoms. The van der Waals surface area contributed by atoms with Crippen LogP contribution >= 0.6 is 0 Å². The summed E-state index contributed by atoms with van der Waals surface area (Å²) in [7, 11) is 1.61. The second kappa shape index (κ2) is 7.24. The van der Waals surface area contributed by atoms with Crippen molar-refractivity contribution in [2.45, 2.75) is 26.2 Å². The van der Waals surface area contributed by atoms with Crippen molar-refractivity contribution < 1.29 is 14.2 Å². The summed E-state index contributed by atoms with van der Waals surface area (Å²) in [6.07, 6.45) is 4.22. The lowest BCUT2D eigenvalue weighted by molar-refractivity contribution is -0.0535. The smallest absolute Gasteiger partial charge is 0.251 e. The Morgan fingerprint density at radius 1 is 1.48 bits per heavy atom. The molecule has 1 fully saturated rings. The molecule has 0 saturated carbocycles. The van der Waals surface area contributed by atoms with E-state index in [1.807, 2.05) is 19.1 Å². The zero-order valence-electron chi connectivity index (χ0n) is 12.5. The molecular weight excluding hydrogens is 270 g/mol. The van der Waals surface area contributed by atoms with Crippen molar-refractivity contribution in [2.24, 2.45) is 0 Å². The summed E-state index contributed by atoms with van der Waals surface area (Å²) in [5.41, 5.74) is -0.111. The lowest BCUT2D eigenvalue weighted by Gasteiger charge is -2.13. The highest BCUT2D eigenvalue weighted by Crippen LogP contribution is 2.04. The minimum Gasteiger partial charge on any atom is -0.497 e. The molecule has 0 N–H and O–H groups in total. The number of ether oxygens (including phenoxy) is 3. The summed E-state index contributed by atoms with van der Waals surface area (Å²) >= 11 is 0. The van der Waals surface area contributed by atoms with Crippen molar-refractivity contribution >= 4 is 12.7 Å². The number of methoxy groups -OCH3 is 1. The van der Waals surface area contributed by atoms with E-state index >= 15 is 0 Å². The first kappa shape index (κ1) is 15.5. The molecule has 2 heterocycles. The van der Waals surface area contributed by atoms with Gasteiger partial charge in [-0.25, -0.2) is 0 Å². The first-order valence-electron chi connectivity index (χ1n) is 7.03. The molecular formula is C16H21NO4. The Kier molecular flexibility index (Phi) is 5.36. The summed E-state index contributed by atoms with van der Waals surface area (Å²) in [5.74, 6) is 0.704. The van der Waals surface area contributed by atoms with Crippen molar-refractivity contribution in [2.75, 3.05) is 20.3 Å². The quantitative estimate of drug-likeness (QED) is 0.735. The molecule has 1 aliphatic heterocycles. The van der Waals surface area contributed by atoms with Gasteiger partial charge in [0.2, 0.25) is 0 Å². The van der Waals surface area contributed by atoms with Crippen LogP contribution in [0.4, 0.5) is 0 Å². The summed E-state index contributed by atoms with van der Waals surface area (Å²) < 4.78 is 17.8. The van der Waals surface area contributed by atoms with Crippen LogP contribution in [0.2, 0.25) is 0 Å². The highest BCUT2D eigenvalue weighted by Gasteiger charge is 2.17. The first-order chi connectivity index (χ1) is 10.2. The Hall–Kier alpha value is -1.85. The van der Waals surface area contributed by atoms with E-state index < -0.39 is 6.29 Å². The normalized spacial score (nSPS) is 17.4. The number of hydrogen-bond donors (Lipinski definition) is 0. The van der Waals surface area contributed by atoms with Gasteiger partial charge in [-0.1, -0.05) is 13.5 Å². The topological polar surface area (TPSA) is 49.7 Å². The summed E-state index contributed by atoms with van der Waals surface area (Å²) in [6.45, 7) is 7.47. The van der Waals surface area contributed by atoms with Crippen LogP contribution in [0.1, 0.15) is 13.3 Å². The van der Waals surface area contributed by atoms with Crippen LogP contribution in [0, 0.1) is 0 Å². The molecule has 0 unspecified atom stereocenters. The molecule has 0 amide bonds. The van der Waals surface area contributed by atoms with Crippen LogP contribution in [0.25, 0.3) is 12.7 Å². The van der Waals surface area contributed by atoms with Gasteiger partial charge in [-0.05, 0) is 23.8 Å². The second-order valence-electron chi connectivity index (χ2n) is 4.73. The molecule has 1 aromatic rings. The fraction of sp³-hybridized carbons (Fsp3) is 0.438. The first-order valence-corrected chi connectivity index (χ1v) is 7.03. The van der Waals surface area contributed by atoms with Crippen molar-refractivity contribution in [1.82, 2.24) is 4.57 Å². The zero-order valence-corrected chi connectivity index (χ0v) is 12.5. The van der Waals surface area contributed by atoms with Gasteiger partial charge in [0, 0.05) is 12.1 Å². The van der Waals surface area contributed by atoms with E-state index in [1.165, 1.54) is 6.07 Å². The average molecular weight is 291 g/mol. The van der Waals surface area contributed by atoms with Crippen molar-refractivity contribution in [3.05, 3.63) is 44.9 Å². The van der Waals surface area contributed by atoms with Gasteiger partial charge < -0.3 is 18.8 Å². The maximum atomic E-state index is 12.2. The SMILES string of the molecule is C=c1ccc(=O)n(CC2OCCO2)/c1=C/C(=C\CC)OC. The molecule has 0 atom stereocenters. The van der Waals surface area contributed by atoms with E-state index in [-0.39, 0.29) is 5.56 Å². The summed E-state index contributed by atoms with van der Waals surface area (Å²) in [6, 6.07) is 3.21. The Morgan fingerprint density at radius 2 is 2.19 bits per heavy atom. The van der Waals surface area contributed by atoms with E-state index in [0.717, 1.165) is 11.6 Å². The molecule has 21 heavy (non-hydrogen) atoms. The molecule has 0 radical (unpaired) electrons. The molecule has 5 nitrogen and oxygen atoms in total. The largest absolute Gasteiger partial charge is 0.497 e. The monoisotopic (exact) mass is 291 g/mol. The van der Waals surface area contributed by atoms with E-state index in [2.05, 4.69) is 6.58 Å². The minimum atomic E-state index is -0.391. The highest BCUT2D eigenvalue weighted by atomic mass is 16.7. The van der Waals surface area contributed by atoms with Crippen molar-refractivity contribution in [3.8, 4) is 0 Å². The molecule has 0 aromatic carbocycles. The molecule has 2 rings (SSSR count). The molecule has 1 aromatic heterocycles. The fourth-order valence-corrected chi connectivity index (χ4v) is 2.20. The van der Waals surface area contributed by atoms with E-state index in [0.29, 0.717) is 30.9 Å². The minimum absolute atomic E-state index is 0.111. The van der Waals surface area contributed by atoms with E-state index in [1.54, 1.807) is 17.7 Å². The maximum Gasteiger partial charge on any atom is 0.251 e. The van der Waals surface area contributed by atoms with Gasteiger partial charge in [-0.15, -0.1) is 0 Å². The number of rotatable bonds is 5. The second-order valence-corrected chi connectivity index (χ2v) is 4.73. The Labute approximate surface area is 123 Å². The molecule has 1 saturated heterocycles.